The third kappa shape index (κ3) is 34.3. The second kappa shape index (κ2) is 38.2. The van der Waals surface area contributed by atoms with Crippen LogP contribution in [-0.4, -0.2) is 37.1 Å². The van der Waals surface area contributed by atoms with Crippen molar-refractivity contribution < 1.29 is 23.9 Å². The number of carbonyl (C=O) groups excluding carboxylic acids is 3. The van der Waals surface area contributed by atoms with Crippen molar-refractivity contribution in [1.29, 1.82) is 0 Å². The molecule has 0 heterocycles. The number of nitrogens with one attached hydrogen (secondary N) is 1. The Morgan fingerprint density at radius 2 is 0.729 bits per heavy atom. The third-order valence-electron chi connectivity index (χ3n) is 9.50. The van der Waals surface area contributed by atoms with Crippen molar-refractivity contribution >= 4 is 17.8 Å². The highest BCUT2D eigenvalue weighted by atomic mass is 16.5. The van der Waals surface area contributed by atoms with E-state index >= 15 is 0 Å². The minimum absolute atomic E-state index is 0.169. The maximum absolute atomic E-state index is 12.9. The van der Waals surface area contributed by atoms with Crippen molar-refractivity contribution in [3.8, 4) is 0 Å². The lowest BCUT2D eigenvalue weighted by Gasteiger charge is -2.17. The van der Waals surface area contributed by atoms with Crippen molar-refractivity contribution in [2.45, 2.75) is 239 Å². The molecule has 1 atom stereocenters. The lowest BCUT2D eigenvalue weighted by atomic mass is 10.0. The van der Waals surface area contributed by atoms with Gasteiger partial charge in [-0.1, -0.05) is 201 Å². The van der Waals surface area contributed by atoms with E-state index in [1.165, 1.54) is 141 Å². The molecule has 0 aromatic rings. The van der Waals surface area contributed by atoms with E-state index < -0.39 is 18.0 Å². The summed E-state index contributed by atoms with van der Waals surface area (Å²) in [7, 11) is 0. The molecule has 48 heavy (non-hydrogen) atoms. The van der Waals surface area contributed by atoms with Gasteiger partial charge < -0.3 is 14.8 Å². The highest BCUT2D eigenvalue weighted by Gasteiger charge is 2.26. The first-order valence-corrected chi connectivity index (χ1v) is 21.2. The number of rotatable bonds is 38. The standard InChI is InChI=1S/C42H81NO5/c1-4-7-10-13-16-18-20-21-22-23-24-25-27-29-32-35-40(44)43-39(38-41(45)47-36-33-30-15-12-9-6-3)42(46)48-37-34-31-28-26-19-17-14-11-8-5-2/h39H,4-38H2,1-3H3,(H,43,44)/t39-/m0/s1. The van der Waals surface area contributed by atoms with Crippen LogP contribution >= 0.6 is 0 Å². The van der Waals surface area contributed by atoms with E-state index in [1.54, 1.807) is 0 Å². The molecule has 0 aromatic heterocycles. The van der Waals surface area contributed by atoms with E-state index in [-0.39, 0.29) is 12.3 Å². The first-order chi connectivity index (χ1) is 23.5. The van der Waals surface area contributed by atoms with Crippen molar-refractivity contribution in [1.82, 2.24) is 5.32 Å². The Labute approximate surface area is 298 Å². The number of unbranched alkanes of at least 4 members (excludes halogenated alkanes) is 28. The molecule has 0 radical (unpaired) electrons. The summed E-state index contributed by atoms with van der Waals surface area (Å²) in [6, 6.07) is -0.978. The lowest BCUT2D eigenvalue weighted by molar-refractivity contribution is -0.154. The van der Waals surface area contributed by atoms with Crippen LogP contribution in [0, 0.1) is 0 Å². The average Bonchev–Trinajstić information content (AvgIpc) is 3.08. The molecule has 0 saturated heterocycles. The van der Waals surface area contributed by atoms with Crippen LogP contribution in [0.1, 0.15) is 233 Å². The van der Waals surface area contributed by atoms with Gasteiger partial charge in [-0.05, 0) is 19.3 Å². The quantitative estimate of drug-likeness (QED) is 0.0519. The van der Waals surface area contributed by atoms with Gasteiger partial charge in [0.25, 0.3) is 0 Å². The van der Waals surface area contributed by atoms with Gasteiger partial charge in [-0.2, -0.15) is 0 Å². The number of carbonyl (C=O) groups is 3. The fourth-order valence-corrected chi connectivity index (χ4v) is 6.27. The molecule has 0 bridgehead atoms. The van der Waals surface area contributed by atoms with Crippen LogP contribution < -0.4 is 5.32 Å². The molecular weight excluding hydrogens is 598 g/mol. The fourth-order valence-electron chi connectivity index (χ4n) is 6.27. The van der Waals surface area contributed by atoms with Gasteiger partial charge in [0, 0.05) is 6.42 Å². The predicted octanol–water partition coefficient (Wildman–Crippen LogP) is 12.5. The van der Waals surface area contributed by atoms with E-state index in [9.17, 15) is 14.4 Å². The van der Waals surface area contributed by atoms with E-state index in [2.05, 4.69) is 26.1 Å². The molecule has 6 heteroatoms. The average molecular weight is 680 g/mol. The summed E-state index contributed by atoms with van der Waals surface area (Å²) < 4.78 is 10.9. The molecule has 0 fully saturated rings. The molecule has 0 unspecified atom stereocenters. The van der Waals surface area contributed by atoms with Gasteiger partial charge in [-0.3, -0.25) is 9.59 Å². The zero-order valence-corrected chi connectivity index (χ0v) is 32.4. The van der Waals surface area contributed by atoms with Gasteiger partial charge in [-0.25, -0.2) is 4.79 Å². The summed E-state index contributed by atoms with van der Waals surface area (Å²) in [5.74, 6) is -1.15. The van der Waals surface area contributed by atoms with Crippen molar-refractivity contribution in [2.75, 3.05) is 13.2 Å². The molecule has 1 N–H and O–H groups in total. The Morgan fingerprint density at radius 3 is 1.10 bits per heavy atom. The van der Waals surface area contributed by atoms with Gasteiger partial charge >= 0.3 is 11.9 Å². The molecular formula is C42H81NO5. The number of hydrogen-bond acceptors (Lipinski definition) is 5. The Kier molecular flexibility index (Phi) is 36.9. The Balaban J connectivity index is 4.26. The Morgan fingerprint density at radius 1 is 0.417 bits per heavy atom. The topological polar surface area (TPSA) is 81.7 Å². The summed E-state index contributed by atoms with van der Waals surface area (Å²) in [4.78, 5) is 38.2. The number of amides is 1. The first-order valence-electron chi connectivity index (χ1n) is 21.2. The minimum Gasteiger partial charge on any atom is -0.466 e. The van der Waals surface area contributed by atoms with Gasteiger partial charge in [0.15, 0.2) is 0 Å². The second-order valence-corrected chi connectivity index (χ2v) is 14.4. The molecule has 0 aromatic carbocycles. The Hall–Kier alpha value is -1.59. The molecule has 0 spiro atoms. The molecule has 0 rings (SSSR count). The zero-order chi connectivity index (χ0) is 35.2. The summed E-state index contributed by atoms with van der Waals surface area (Å²) in [6.45, 7) is 7.40. The molecule has 0 aliphatic carbocycles. The van der Waals surface area contributed by atoms with Crippen LogP contribution in [0.15, 0.2) is 0 Å². The van der Waals surface area contributed by atoms with Crippen molar-refractivity contribution in [3.63, 3.8) is 0 Å². The monoisotopic (exact) mass is 680 g/mol. The zero-order valence-electron chi connectivity index (χ0n) is 32.4. The van der Waals surface area contributed by atoms with Gasteiger partial charge in [0.2, 0.25) is 5.91 Å². The van der Waals surface area contributed by atoms with Crippen LogP contribution in [0.5, 0.6) is 0 Å². The van der Waals surface area contributed by atoms with E-state index in [4.69, 9.17) is 9.47 Å². The van der Waals surface area contributed by atoms with Gasteiger partial charge in [-0.15, -0.1) is 0 Å². The molecule has 0 aliphatic rings. The first kappa shape index (κ1) is 46.4. The normalized spacial score (nSPS) is 11.8. The lowest BCUT2D eigenvalue weighted by Crippen LogP contribution is -2.43. The fraction of sp³-hybridized carbons (Fsp3) is 0.929. The third-order valence-corrected chi connectivity index (χ3v) is 9.50. The van der Waals surface area contributed by atoms with E-state index in [0.29, 0.717) is 19.6 Å². The number of ether oxygens (including phenoxy) is 2. The van der Waals surface area contributed by atoms with Crippen molar-refractivity contribution in [2.24, 2.45) is 0 Å². The van der Waals surface area contributed by atoms with Gasteiger partial charge in [0.05, 0.1) is 19.6 Å². The van der Waals surface area contributed by atoms with Gasteiger partial charge in [0.1, 0.15) is 6.04 Å². The molecule has 0 saturated carbocycles. The van der Waals surface area contributed by atoms with Crippen molar-refractivity contribution in [3.05, 3.63) is 0 Å². The largest absolute Gasteiger partial charge is 0.466 e. The van der Waals surface area contributed by atoms with Crippen LogP contribution in [0.25, 0.3) is 0 Å². The molecule has 1 amide bonds. The summed E-state index contributed by atoms with van der Waals surface area (Å²) in [5, 5.41) is 2.80. The number of hydrogen-bond donors (Lipinski definition) is 1. The smallest absolute Gasteiger partial charge is 0.329 e. The molecule has 6 nitrogen and oxygen atoms in total. The highest BCUT2D eigenvalue weighted by molar-refractivity contribution is 5.88. The maximum Gasteiger partial charge on any atom is 0.329 e. The van der Waals surface area contributed by atoms with E-state index in [0.717, 1.165) is 57.8 Å². The predicted molar refractivity (Wildman–Crippen MR) is 203 cm³/mol. The highest BCUT2D eigenvalue weighted by Crippen LogP contribution is 2.15. The van der Waals surface area contributed by atoms with Crippen LogP contribution in [0.2, 0.25) is 0 Å². The number of esters is 2. The Bertz CT molecular complexity index is 712. The van der Waals surface area contributed by atoms with E-state index in [1.807, 2.05) is 0 Å². The summed E-state index contributed by atoms with van der Waals surface area (Å²) in [5.41, 5.74) is 0. The molecule has 284 valence electrons. The summed E-state index contributed by atoms with van der Waals surface area (Å²) in [6.07, 6.45) is 38.1. The van der Waals surface area contributed by atoms with Crippen LogP contribution in [-0.2, 0) is 23.9 Å². The summed E-state index contributed by atoms with van der Waals surface area (Å²) >= 11 is 0. The second-order valence-electron chi connectivity index (χ2n) is 14.4. The minimum atomic E-state index is -0.978. The van der Waals surface area contributed by atoms with Crippen LogP contribution in [0.4, 0.5) is 0 Å². The SMILES string of the molecule is CCCCCCCCCCCCCCCCCC(=O)N[C@@H](CC(=O)OCCCCCCCC)C(=O)OCCCCCCCCCCCC. The molecule has 0 aliphatic heterocycles. The maximum atomic E-state index is 12.9. The van der Waals surface area contributed by atoms with Crippen LogP contribution in [0.3, 0.4) is 0 Å².